The zero-order valence-electron chi connectivity index (χ0n) is 11.4. The number of aliphatic hydroxyl groups excluding tert-OH is 1. The monoisotopic (exact) mass is 267 g/mol. The first kappa shape index (κ1) is 14.4. The SMILES string of the molecule is CC(CO)(Cc1ccccc1F)NCC1CCCO1. The summed E-state index contributed by atoms with van der Waals surface area (Å²) in [5.74, 6) is -0.221. The van der Waals surface area contributed by atoms with Gasteiger partial charge in [-0.3, -0.25) is 0 Å². The van der Waals surface area contributed by atoms with Crippen molar-refractivity contribution in [2.24, 2.45) is 0 Å². The number of hydrogen-bond donors (Lipinski definition) is 2. The van der Waals surface area contributed by atoms with Crippen LogP contribution in [0.15, 0.2) is 24.3 Å². The maximum absolute atomic E-state index is 13.7. The summed E-state index contributed by atoms with van der Waals surface area (Å²) in [5.41, 5.74) is 0.104. The van der Waals surface area contributed by atoms with Crippen molar-refractivity contribution in [3.8, 4) is 0 Å². The van der Waals surface area contributed by atoms with Crippen molar-refractivity contribution >= 4 is 0 Å². The lowest BCUT2D eigenvalue weighted by molar-refractivity contribution is 0.0911. The van der Waals surface area contributed by atoms with Crippen LogP contribution >= 0.6 is 0 Å². The molecule has 1 heterocycles. The molecule has 0 spiro atoms. The first-order valence-corrected chi connectivity index (χ1v) is 6.84. The summed E-state index contributed by atoms with van der Waals surface area (Å²) >= 11 is 0. The summed E-state index contributed by atoms with van der Waals surface area (Å²) in [6, 6.07) is 6.70. The Hall–Kier alpha value is -0.970. The fraction of sp³-hybridized carbons (Fsp3) is 0.600. The van der Waals surface area contributed by atoms with Crippen molar-refractivity contribution < 1.29 is 14.2 Å². The Morgan fingerprint density at radius 3 is 2.89 bits per heavy atom. The van der Waals surface area contributed by atoms with Crippen LogP contribution in [0.25, 0.3) is 0 Å². The molecule has 2 rings (SSSR count). The predicted octanol–water partition coefficient (Wildman–Crippen LogP) is 1.89. The molecule has 1 aliphatic heterocycles. The molecule has 2 unspecified atom stereocenters. The van der Waals surface area contributed by atoms with Gasteiger partial charge in [-0.1, -0.05) is 18.2 Å². The quantitative estimate of drug-likeness (QED) is 0.827. The fourth-order valence-electron chi connectivity index (χ4n) is 2.40. The third-order valence-electron chi connectivity index (χ3n) is 3.67. The van der Waals surface area contributed by atoms with E-state index in [-0.39, 0.29) is 18.5 Å². The molecular weight excluding hydrogens is 245 g/mol. The molecule has 0 amide bonds. The molecule has 4 heteroatoms. The Morgan fingerprint density at radius 1 is 1.47 bits per heavy atom. The van der Waals surface area contributed by atoms with E-state index in [1.807, 2.05) is 13.0 Å². The van der Waals surface area contributed by atoms with E-state index in [0.717, 1.165) is 19.4 Å². The van der Waals surface area contributed by atoms with Gasteiger partial charge in [0.05, 0.1) is 12.7 Å². The molecule has 0 saturated carbocycles. The standard InChI is InChI=1S/C15H22FNO2/c1-15(11-18,17-10-13-6-4-8-19-13)9-12-5-2-3-7-14(12)16/h2-3,5,7,13,17-18H,4,6,8-11H2,1H3. The van der Waals surface area contributed by atoms with Gasteiger partial charge in [0, 0.05) is 18.7 Å². The summed E-state index contributed by atoms with van der Waals surface area (Å²) in [5, 5.41) is 12.9. The number of rotatable bonds is 6. The molecular formula is C15H22FNO2. The van der Waals surface area contributed by atoms with Crippen LogP contribution in [0.3, 0.4) is 0 Å². The van der Waals surface area contributed by atoms with Gasteiger partial charge in [0.2, 0.25) is 0 Å². The minimum atomic E-state index is -0.520. The third-order valence-corrected chi connectivity index (χ3v) is 3.67. The van der Waals surface area contributed by atoms with E-state index in [1.165, 1.54) is 6.07 Å². The minimum absolute atomic E-state index is 0.0337. The largest absolute Gasteiger partial charge is 0.394 e. The first-order valence-electron chi connectivity index (χ1n) is 6.84. The highest BCUT2D eigenvalue weighted by Gasteiger charge is 2.26. The van der Waals surface area contributed by atoms with Gasteiger partial charge in [-0.15, -0.1) is 0 Å². The summed E-state index contributed by atoms with van der Waals surface area (Å²) in [4.78, 5) is 0. The molecule has 106 valence electrons. The van der Waals surface area contributed by atoms with Gasteiger partial charge in [0.25, 0.3) is 0 Å². The topological polar surface area (TPSA) is 41.5 Å². The van der Waals surface area contributed by atoms with E-state index in [2.05, 4.69) is 5.32 Å². The Labute approximate surface area is 113 Å². The number of hydrogen-bond acceptors (Lipinski definition) is 3. The van der Waals surface area contributed by atoms with Crippen molar-refractivity contribution in [3.05, 3.63) is 35.6 Å². The average molecular weight is 267 g/mol. The predicted molar refractivity (Wildman–Crippen MR) is 72.6 cm³/mol. The molecule has 2 atom stereocenters. The van der Waals surface area contributed by atoms with Crippen molar-refractivity contribution in [2.45, 2.75) is 37.8 Å². The van der Waals surface area contributed by atoms with Crippen LogP contribution in [0, 0.1) is 5.82 Å². The maximum Gasteiger partial charge on any atom is 0.126 e. The number of halogens is 1. The summed E-state index contributed by atoms with van der Waals surface area (Å²) in [6.45, 7) is 3.39. The lowest BCUT2D eigenvalue weighted by Gasteiger charge is -2.30. The van der Waals surface area contributed by atoms with Crippen LogP contribution in [0.4, 0.5) is 4.39 Å². The molecule has 0 bridgehead atoms. The van der Waals surface area contributed by atoms with Crippen molar-refractivity contribution in [2.75, 3.05) is 19.8 Å². The van der Waals surface area contributed by atoms with Crippen LogP contribution in [-0.4, -0.2) is 36.5 Å². The normalized spacial score (nSPS) is 22.4. The molecule has 0 radical (unpaired) electrons. The Morgan fingerprint density at radius 2 is 2.26 bits per heavy atom. The van der Waals surface area contributed by atoms with Crippen molar-refractivity contribution in [1.29, 1.82) is 0 Å². The number of benzene rings is 1. The van der Waals surface area contributed by atoms with Gasteiger partial charge in [-0.2, -0.15) is 0 Å². The van der Waals surface area contributed by atoms with E-state index >= 15 is 0 Å². The number of aliphatic hydroxyl groups is 1. The zero-order chi connectivity index (χ0) is 13.7. The van der Waals surface area contributed by atoms with Gasteiger partial charge in [0.1, 0.15) is 5.82 Å². The summed E-state index contributed by atoms with van der Waals surface area (Å²) in [7, 11) is 0. The van der Waals surface area contributed by atoms with E-state index < -0.39 is 5.54 Å². The van der Waals surface area contributed by atoms with Gasteiger partial charge in [-0.05, 0) is 37.8 Å². The molecule has 0 aliphatic carbocycles. The third kappa shape index (κ3) is 4.00. The maximum atomic E-state index is 13.7. The van der Waals surface area contributed by atoms with Crippen LogP contribution < -0.4 is 5.32 Å². The second-order valence-electron chi connectivity index (χ2n) is 5.50. The second kappa shape index (κ2) is 6.46. The molecule has 1 aliphatic rings. The average Bonchev–Trinajstić information content (AvgIpc) is 2.93. The Kier molecular flexibility index (Phi) is 4.91. The molecule has 1 aromatic carbocycles. The van der Waals surface area contributed by atoms with Crippen molar-refractivity contribution in [1.82, 2.24) is 5.32 Å². The molecule has 1 fully saturated rings. The second-order valence-corrected chi connectivity index (χ2v) is 5.50. The molecule has 1 aromatic rings. The number of nitrogens with one attached hydrogen (secondary N) is 1. The van der Waals surface area contributed by atoms with E-state index in [0.29, 0.717) is 18.5 Å². The number of ether oxygens (including phenoxy) is 1. The van der Waals surface area contributed by atoms with Crippen LogP contribution in [0.2, 0.25) is 0 Å². The fourth-order valence-corrected chi connectivity index (χ4v) is 2.40. The Balaban J connectivity index is 1.95. The van der Waals surface area contributed by atoms with Crippen LogP contribution in [0.5, 0.6) is 0 Å². The lowest BCUT2D eigenvalue weighted by Crippen LogP contribution is -2.50. The highest BCUT2D eigenvalue weighted by Crippen LogP contribution is 2.17. The van der Waals surface area contributed by atoms with Crippen LogP contribution in [-0.2, 0) is 11.2 Å². The summed E-state index contributed by atoms with van der Waals surface area (Å²) < 4.78 is 19.2. The van der Waals surface area contributed by atoms with Gasteiger partial charge in [0.15, 0.2) is 0 Å². The van der Waals surface area contributed by atoms with Gasteiger partial charge < -0.3 is 15.2 Å². The highest BCUT2D eigenvalue weighted by molar-refractivity contribution is 5.20. The van der Waals surface area contributed by atoms with E-state index in [4.69, 9.17) is 4.74 Å². The molecule has 3 nitrogen and oxygen atoms in total. The van der Waals surface area contributed by atoms with Gasteiger partial charge in [-0.25, -0.2) is 4.39 Å². The molecule has 0 aromatic heterocycles. The van der Waals surface area contributed by atoms with Gasteiger partial charge >= 0.3 is 0 Å². The minimum Gasteiger partial charge on any atom is -0.394 e. The molecule has 1 saturated heterocycles. The van der Waals surface area contributed by atoms with Crippen molar-refractivity contribution in [3.63, 3.8) is 0 Å². The Bertz CT molecular complexity index is 407. The molecule has 2 N–H and O–H groups in total. The smallest absolute Gasteiger partial charge is 0.126 e. The first-order chi connectivity index (χ1) is 9.13. The lowest BCUT2D eigenvalue weighted by atomic mass is 9.93. The van der Waals surface area contributed by atoms with E-state index in [9.17, 15) is 9.50 Å². The molecule has 19 heavy (non-hydrogen) atoms. The van der Waals surface area contributed by atoms with E-state index in [1.54, 1.807) is 12.1 Å². The zero-order valence-corrected chi connectivity index (χ0v) is 11.4. The summed E-state index contributed by atoms with van der Waals surface area (Å²) in [6.07, 6.45) is 2.82. The highest BCUT2D eigenvalue weighted by atomic mass is 19.1. The van der Waals surface area contributed by atoms with Crippen LogP contribution in [0.1, 0.15) is 25.3 Å².